The summed E-state index contributed by atoms with van der Waals surface area (Å²) in [5, 5.41) is 8.87. The van der Waals surface area contributed by atoms with E-state index in [0.717, 1.165) is 24.5 Å². The van der Waals surface area contributed by atoms with Crippen LogP contribution in [0.1, 0.15) is 35.4 Å². The normalized spacial score (nSPS) is 15.9. The molecule has 1 aliphatic rings. The molecule has 0 amide bonds. The molecule has 1 heterocycles. The fourth-order valence-corrected chi connectivity index (χ4v) is 3.29. The van der Waals surface area contributed by atoms with E-state index >= 15 is 0 Å². The summed E-state index contributed by atoms with van der Waals surface area (Å²) in [5.74, 6) is -0.0748. The summed E-state index contributed by atoms with van der Waals surface area (Å²) in [6.07, 6.45) is -3.07. The molecule has 2 aromatic rings. The first-order chi connectivity index (χ1) is 11.9. The van der Waals surface area contributed by atoms with Gasteiger partial charge in [-0.25, -0.2) is 4.39 Å². The van der Waals surface area contributed by atoms with Crippen LogP contribution in [0.15, 0.2) is 42.5 Å². The fraction of sp³-hybridized carbons (Fsp3) is 0.316. The number of piperidine rings is 1. The lowest BCUT2D eigenvalue weighted by atomic mass is 9.89. The molecule has 3 rings (SSSR count). The minimum Gasteiger partial charge on any atom is -0.371 e. The van der Waals surface area contributed by atoms with Crippen molar-refractivity contribution in [3.63, 3.8) is 0 Å². The smallest absolute Gasteiger partial charge is 0.371 e. The lowest BCUT2D eigenvalue weighted by molar-refractivity contribution is -0.137. The van der Waals surface area contributed by atoms with E-state index in [1.807, 2.05) is 11.0 Å². The van der Waals surface area contributed by atoms with E-state index in [4.69, 9.17) is 5.26 Å². The van der Waals surface area contributed by atoms with Crippen LogP contribution in [0.2, 0.25) is 0 Å². The Balaban J connectivity index is 1.76. The van der Waals surface area contributed by atoms with Crippen molar-refractivity contribution >= 4 is 5.69 Å². The molecule has 0 N–H and O–H groups in total. The summed E-state index contributed by atoms with van der Waals surface area (Å²) >= 11 is 0. The molecule has 130 valence electrons. The van der Waals surface area contributed by atoms with Gasteiger partial charge < -0.3 is 4.90 Å². The Bertz CT molecular complexity index is 800. The Hall–Kier alpha value is -2.55. The van der Waals surface area contributed by atoms with Gasteiger partial charge in [-0.1, -0.05) is 12.1 Å². The van der Waals surface area contributed by atoms with Crippen molar-refractivity contribution in [2.24, 2.45) is 0 Å². The first kappa shape index (κ1) is 17.3. The second-order valence-corrected chi connectivity index (χ2v) is 6.16. The van der Waals surface area contributed by atoms with Gasteiger partial charge in [-0.2, -0.15) is 18.4 Å². The summed E-state index contributed by atoms with van der Waals surface area (Å²) in [6.45, 7) is 1.18. The summed E-state index contributed by atoms with van der Waals surface area (Å²) in [7, 11) is 0. The Morgan fingerprint density at radius 1 is 1.04 bits per heavy atom. The molecule has 1 aliphatic heterocycles. The molecule has 0 bridgehead atoms. The third-order valence-corrected chi connectivity index (χ3v) is 4.61. The molecule has 2 aromatic carbocycles. The molecular weight excluding hydrogens is 332 g/mol. The average molecular weight is 348 g/mol. The molecule has 1 saturated heterocycles. The van der Waals surface area contributed by atoms with E-state index in [-0.39, 0.29) is 17.3 Å². The maximum atomic E-state index is 13.3. The van der Waals surface area contributed by atoms with Crippen LogP contribution in [0.4, 0.5) is 23.2 Å². The van der Waals surface area contributed by atoms with Crippen molar-refractivity contribution in [2.45, 2.75) is 24.9 Å². The van der Waals surface area contributed by atoms with Crippen LogP contribution < -0.4 is 4.90 Å². The van der Waals surface area contributed by atoms with Gasteiger partial charge >= 0.3 is 6.18 Å². The zero-order chi connectivity index (χ0) is 18.0. The topological polar surface area (TPSA) is 27.0 Å². The molecule has 0 saturated carbocycles. The maximum Gasteiger partial charge on any atom is 0.417 e. The van der Waals surface area contributed by atoms with Crippen LogP contribution in [0, 0.1) is 17.1 Å². The van der Waals surface area contributed by atoms with E-state index in [1.54, 1.807) is 18.2 Å². The molecule has 0 spiro atoms. The second-order valence-electron chi connectivity index (χ2n) is 6.16. The lowest BCUT2D eigenvalue weighted by Crippen LogP contribution is -2.33. The highest BCUT2D eigenvalue weighted by Gasteiger charge is 2.34. The third kappa shape index (κ3) is 3.76. The Kier molecular flexibility index (Phi) is 4.67. The largest absolute Gasteiger partial charge is 0.417 e. The maximum absolute atomic E-state index is 13.3. The molecule has 0 radical (unpaired) electrons. The van der Waals surface area contributed by atoms with Gasteiger partial charge in [0.1, 0.15) is 5.82 Å². The van der Waals surface area contributed by atoms with Gasteiger partial charge in [0.2, 0.25) is 0 Å². The molecule has 25 heavy (non-hydrogen) atoms. The van der Waals surface area contributed by atoms with E-state index < -0.39 is 11.7 Å². The predicted molar refractivity (Wildman–Crippen MR) is 86.7 cm³/mol. The van der Waals surface area contributed by atoms with Crippen LogP contribution in [-0.2, 0) is 6.18 Å². The number of rotatable bonds is 2. The van der Waals surface area contributed by atoms with Gasteiger partial charge in [0.25, 0.3) is 0 Å². The van der Waals surface area contributed by atoms with Crippen LogP contribution in [0.3, 0.4) is 0 Å². The SMILES string of the molecule is N#Cc1ccc(N2CCC(c3cccc(F)c3)CC2)cc1C(F)(F)F. The summed E-state index contributed by atoms with van der Waals surface area (Å²) < 4.78 is 52.6. The van der Waals surface area contributed by atoms with E-state index in [2.05, 4.69) is 0 Å². The van der Waals surface area contributed by atoms with Gasteiger partial charge in [-0.15, -0.1) is 0 Å². The first-order valence-corrected chi connectivity index (χ1v) is 8.00. The van der Waals surface area contributed by atoms with Crippen molar-refractivity contribution in [2.75, 3.05) is 18.0 Å². The zero-order valence-electron chi connectivity index (χ0n) is 13.4. The Morgan fingerprint density at radius 2 is 1.76 bits per heavy atom. The molecule has 0 aromatic heterocycles. The molecule has 0 aliphatic carbocycles. The first-order valence-electron chi connectivity index (χ1n) is 8.00. The van der Waals surface area contributed by atoms with Gasteiger partial charge in [-0.3, -0.25) is 0 Å². The molecule has 0 atom stereocenters. The average Bonchev–Trinajstić information content (AvgIpc) is 2.60. The highest BCUT2D eigenvalue weighted by atomic mass is 19.4. The van der Waals surface area contributed by atoms with Crippen molar-refractivity contribution in [1.82, 2.24) is 0 Å². The third-order valence-electron chi connectivity index (χ3n) is 4.61. The van der Waals surface area contributed by atoms with Crippen molar-refractivity contribution < 1.29 is 17.6 Å². The number of nitrogens with zero attached hydrogens (tertiary/aromatic N) is 2. The minimum atomic E-state index is -4.55. The van der Waals surface area contributed by atoms with Crippen LogP contribution >= 0.6 is 0 Å². The zero-order valence-corrected chi connectivity index (χ0v) is 13.4. The summed E-state index contributed by atoms with van der Waals surface area (Å²) in [5.41, 5.74) is 0.116. The summed E-state index contributed by atoms with van der Waals surface area (Å²) in [6, 6.07) is 11.9. The molecular formula is C19H16F4N2. The van der Waals surface area contributed by atoms with Gasteiger partial charge in [0.05, 0.1) is 17.2 Å². The van der Waals surface area contributed by atoms with Crippen molar-refractivity contribution in [3.05, 3.63) is 65.0 Å². The van der Waals surface area contributed by atoms with Gasteiger partial charge in [-0.05, 0) is 54.7 Å². The number of hydrogen-bond acceptors (Lipinski definition) is 2. The van der Waals surface area contributed by atoms with E-state index in [0.29, 0.717) is 18.8 Å². The minimum absolute atomic E-state index is 0.201. The monoisotopic (exact) mass is 348 g/mol. The summed E-state index contributed by atoms with van der Waals surface area (Å²) in [4.78, 5) is 1.88. The Labute approximate surface area is 143 Å². The number of benzene rings is 2. The molecule has 2 nitrogen and oxygen atoms in total. The Morgan fingerprint density at radius 3 is 2.36 bits per heavy atom. The highest BCUT2D eigenvalue weighted by molar-refractivity contribution is 5.55. The van der Waals surface area contributed by atoms with E-state index in [9.17, 15) is 17.6 Å². The van der Waals surface area contributed by atoms with E-state index in [1.165, 1.54) is 18.2 Å². The fourth-order valence-electron chi connectivity index (χ4n) is 3.29. The number of hydrogen-bond donors (Lipinski definition) is 0. The number of alkyl halides is 3. The van der Waals surface area contributed by atoms with Gasteiger partial charge in [0.15, 0.2) is 0 Å². The molecule has 1 fully saturated rings. The van der Waals surface area contributed by atoms with Crippen LogP contribution in [0.5, 0.6) is 0 Å². The standard InChI is InChI=1S/C19H16F4N2/c20-16-3-1-2-14(10-16)13-6-8-25(9-7-13)17-5-4-15(12-24)18(11-17)19(21,22)23/h1-5,10-11,13H,6-9H2. The highest BCUT2D eigenvalue weighted by Crippen LogP contribution is 2.36. The predicted octanol–water partition coefficient (Wildman–Crippen LogP) is 5.10. The second kappa shape index (κ2) is 6.75. The molecule has 6 heteroatoms. The number of anilines is 1. The van der Waals surface area contributed by atoms with Crippen molar-refractivity contribution in [3.8, 4) is 6.07 Å². The number of halogens is 4. The quantitative estimate of drug-likeness (QED) is 0.706. The van der Waals surface area contributed by atoms with Crippen molar-refractivity contribution in [1.29, 1.82) is 5.26 Å². The van der Waals surface area contributed by atoms with Gasteiger partial charge in [0, 0.05) is 18.8 Å². The number of nitriles is 1. The molecule has 0 unspecified atom stereocenters. The lowest BCUT2D eigenvalue weighted by Gasteiger charge is -2.34. The van der Waals surface area contributed by atoms with Crippen LogP contribution in [0.25, 0.3) is 0 Å². The van der Waals surface area contributed by atoms with Crippen LogP contribution in [-0.4, -0.2) is 13.1 Å².